The van der Waals surface area contributed by atoms with Crippen LogP contribution in [0.3, 0.4) is 0 Å². The van der Waals surface area contributed by atoms with Crippen molar-refractivity contribution in [2.24, 2.45) is 0 Å². The summed E-state index contributed by atoms with van der Waals surface area (Å²) in [7, 11) is 0. The topological polar surface area (TPSA) is 55.4 Å². The molecule has 0 aliphatic rings. The smallest absolute Gasteiger partial charge is 0.262 e. The third-order valence-electron chi connectivity index (χ3n) is 3.37. The number of aryl methyl sites for hydroxylation is 2. The van der Waals surface area contributed by atoms with E-state index in [1.165, 1.54) is 6.92 Å². The Morgan fingerprint density at radius 2 is 1.64 bits per heavy atom. The third-order valence-corrected chi connectivity index (χ3v) is 3.37. The molecule has 0 heterocycles. The second-order valence-corrected chi connectivity index (χ2v) is 5.16. The molecule has 22 heavy (non-hydrogen) atoms. The van der Waals surface area contributed by atoms with Crippen molar-refractivity contribution in [2.75, 3.05) is 11.9 Å². The van der Waals surface area contributed by atoms with Crippen LogP contribution in [0.25, 0.3) is 0 Å². The minimum Gasteiger partial charge on any atom is -0.483 e. The van der Waals surface area contributed by atoms with E-state index in [-0.39, 0.29) is 18.3 Å². The van der Waals surface area contributed by atoms with Crippen molar-refractivity contribution < 1.29 is 14.3 Å². The van der Waals surface area contributed by atoms with E-state index in [0.29, 0.717) is 11.3 Å². The van der Waals surface area contributed by atoms with Gasteiger partial charge in [-0.05, 0) is 44.0 Å². The van der Waals surface area contributed by atoms with Gasteiger partial charge in [0, 0.05) is 5.69 Å². The SMILES string of the molecule is CC(=O)c1ccccc1OCC(=O)Nc1c(C)cccc1C. The van der Waals surface area contributed by atoms with Crippen molar-refractivity contribution >= 4 is 17.4 Å². The molecule has 0 spiro atoms. The Bertz CT molecular complexity index is 687. The lowest BCUT2D eigenvalue weighted by atomic mass is 10.1. The van der Waals surface area contributed by atoms with E-state index >= 15 is 0 Å². The largest absolute Gasteiger partial charge is 0.483 e. The number of ether oxygens (including phenoxy) is 1. The van der Waals surface area contributed by atoms with Gasteiger partial charge in [0.15, 0.2) is 12.4 Å². The van der Waals surface area contributed by atoms with Crippen molar-refractivity contribution in [1.82, 2.24) is 0 Å². The molecule has 2 aromatic rings. The molecular weight excluding hydrogens is 278 g/mol. The molecule has 0 aliphatic carbocycles. The second kappa shape index (κ2) is 6.89. The second-order valence-electron chi connectivity index (χ2n) is 5.16. The fraction of sp³-hybridized carbons (Fsp3) is 0.222. The molecule has 1 amide bonds. The maximum absolute atomic E-state index is 12.1. The maximum Gasteiger partial charge on any atom is 0.262 e. The zero-order chi connectivity index (χ0) is 16.1. The van der Waals surface area contributed by atoms with E-state index < -0.39 is 0 Å². The number of anilines is 1. The molecule has 0 aromatic heterocycles. The molecule has 4 heteroatoms. The van der Waals surface area contributed by atoms with E-state index in [9.17, 15) is 9.59 Å². The molecule has 0 radical (unpaired) electrons. The van der Waals surface area contributed by atoms with Crippen LogP contribution >= 0.6 is 0 Å². The van der Waals surface area contributed by atoms with E-state index in [1.54, 1.807) is 24.3 Å². The lowest BCUT2D eigenvalue weighted by Gasteiger charge is -2.13. The van der Waals surface area contributed by atoms with Gasteiger partial charge in [-0.2, -0.15) is 0 Å². The van der Waals surface area contributed by atoms with Gasteiger partial charge in [0.25, 0.3) is 5.91 Å². The van der Waals surface area contributed by atoms with E-state index in [0.717, 1.165) is 16.8 Å². The summed E-state index contributed by atoms with van der Waals surface area (Å²) in [5.41, 5.74) is 3.27. The molecule has 0 atom stereocenters. The van der Waals surface area contributed by atoms with Gasteiger partial charge < -0.3 is 10.1 Å². The Morgan fingerprint density at radius 1 is 1.00 bits per heavy atom. The monoisotopic (exact) mass is 297 g/mol. The van der Waals surface area contributed by atoms with Gasteiger partial charge in [-0.15, -0.1) is 0 Å². The molecule has 114 valence electrons. The fourth-order valence-corrected chi connectivity index (χ4v) is 2.21. The van der Waals surface area contributed by atoms with Crippen molar-refractivity contribution in [2.45, 2.75) is 20.8 Å². The van der Waals surface area contributed by atoms with Crippen LogP contribution in [0.1, 0.15) is 28.4 Å². The Balaban J connectivity index is 2.04. The highest BCUT2D eigenvalue weighted by Gasteiger charge is 2.11. The molecule has 0 saturated carbocycles. The summed E-state index contributed by atoms with van der Waals surface area (Å²) < 4.78 is 5.48. The minimum absolute atomic E-state index is 0.0919. The zero-order valence-electron chi connectivity index (χ0n) is 13.0. The van der Waals surface area contributed by atoms with Crippen molar-refractivity contribution in [3.63, 3.8) is 0 Å². The quantitative estimate of drug-likeness (QED) is 0.859. The number of para-hydroxylation sites is 2. The molecule has 0 saturated heterocycles. The average molecular weight is 297 g/mol. The summed E-state index contributed by atoms with van der Waals surface area (Å²) >= 11 is 0. The first-order valence-corrected chi connectivity index (χ1v) is 7.08. The van der Waals surface area contributed by atoms with Crippen LogP contribution in [-0.2, 0) is 4.79 Å². The molecule has 0 bridgehead atoms. The first-order valence-electron chi connectivity index (χ1n) is 7.08. The van der Waals surface area contributed by atoms with Gasteiger partial charge in [0.1, 0.15) is 5.75 Å². The van der Waals surface area contributed by atoms with Crippen molar-refractivity contribution in [1.29, 1.82) is 0 Å². The number of carbonyl (C=O) groups is 2. The van der Waals surface area contributed by atoms with Gasteiger partial charge >= 0.3 is 0 Å². The zero-order valence-corrected chi connectivity index (χ0v) is 13.0. The minimum atomic E-state index is -0.254. The van der Waals surface area contributed by atoms with Crippen LogP contribution in [0.4, 0.5) is 5.69 Å². The molecule has 2 aromatic carbocycles. The summed E-state index contributed by atoms with van der Waals surface area (Å²) in [5, 5.41) is 2.85. The predicted molar refractivity (Wildman–Crippen MR) is 86.5 cm³/mol. The Hall–Kier alpha value is -2.62. The van der Waals surface area contributed by atoms with Gasteiger partial charge in [0.05, 0.1) is 5.56 Å². The first kappa shape index (κ1) is 15.8. The summed E-state index contributed by atoms with van der Waals surface area (Å²) in [6.45, 7) is 5.21. The van der Waals surface area contributed by atoms with E-state index in [2.05, 4.69) is 5.32 Å². The van der Waals surface area contributed by atoms with Gasteiger partial charge in [-0.3, -0.25) is 9.59 Å². The highest BCUT2D eigenvalue weighted by atomic mass is 16.5. The number of carbonyl (C=O) groups excluding carboxylic acids is 2. The van der Waals surface area contributed by atoms with Crippen LogP contribution < -0.4 is 10.1 Å². The first-order chi connectivity index (χ1) is 10.5. The van der Waals surface area contributed by atoms with Crippen LogP contribution in [0.5, 0.6) is 5.75 Å². The van der Waals surface area contributed by atoms with E-state index in [1.807, 2.05) is 32.0 Å². The predicted octanol–water partition coefficient (Wildman–Crippen LogP) is 3.52. The number of amides is 1. The average Bonchev–Trinajstić information content (AvgIpc) is 2.49. The molecule has 1 N–H and O–H groups in total. The lowest BCUT2D eigenvalue weighted by molar-refractivity contribution is -0.118. The molecule has 2 rings (SSSR count). The number of rotatable bonds is 5. The van der Waals surface area contributed by atoms with Crippen LogP contribution in [0.2, 0.25) is 0 Å². The number of hydrogen-bond acceptors (Lipinski definition) is 3. The summed E-state index contributed by atoms with van der Waals surface area (Å²) in [6, 6.07) is 12.7. The van der Waals surface area contributed by atoms with Gasteiger partial charge in [0.2, 0.25) is 0 Å². The summed E-state index contributed by atoms with van der Waals surface area (Å²) in [5.74, 6) is 0.0770. The third kappa shape index (κ3) is 3.73. The number of nitrogens with one attached hydrogen (secondary N) is 1. The van der Waals surface area contributed by atoms with Crippen LogP contribution in [0, 0.1) is 13.8 Å². The maximum atomic E-state index is 12.1. The van der Waals surface area contributed by atoms with Crippen LogP contribution in [-0.4, -0.2) is 18.3 Å². The van der Waals surface area contributed by atoms with Gasteiger partial charge in [-0.1, -0.05) is 30.3 Å². The molecule has 0 aliphatic heterocycles. The normalized spacial score (nSPS) is 10.1. The van der Waals surface area contributed by atoms with Crippen LogP contribution in [0.15, 0.2) is 42.5 Å². The molecule has 0 fully saturated rings. The number of benzene rings is 2. The number of Topliss-reactive ketones (excluding diaryl/α,β-unsaturated/α-hetero) is 1. The molecule has 0 unspecified atom stereocenters. The number of hydrogen-bond donors (Lipinski definition) is 1. The van der Waals surface area contributed by atoms with E-state index in [4.69, 9.17) is 4.74 Å². The fourth-order valence-electron chi connectivity index (χ4n) is 2.21. The Morgan fingerprint density at radius 3 is 2.27 bits per heavy atom. The van der Waals surface area contributed by atoms with Crippen molar-refractivity contribution in [3.05, 3.63) is 59.2 Å². The highest BCUT2D eigenvalue weighted by molar-refractivity contribution is 5.97. The Kier molecular flexibility index (Phi) is 4.94. The lowest BCUT2D eigenvalue weighted by Crippen LogP contribution is -2.21. The molecule has 4 nitrogen and oxygen atoms in total. The highest BCUT2D eigenvalue weighted by Crippen LogP contribution is 2.20. The molecular formula is C18H19NO3. The standard InChI is InChI=1S/C18H19NO3/c1-12-7-6-8-13(2)18(12)19-17(21)11-22-16-10-5-4-9-15(16)14(3)20/h4-10H,11H2,1-3H3,(H,19,21). The van der Waals surface area contributed by atoms with Crippen molar-refractivity contribution in [3.8, 4) is 5.75 Å². The number of ketones is 1. The summed E-state index contributed by atoms with van der Waals surface area (Å²) in [6.07, 6.45) is 0. The Labute approximate surface area is 130 Å². The van der Waals surface area contributed by atoms with Gasteiger partial charge in [-0.25, -0.2) is 0 Å². The summed E-state index contributed by atoms with van der Waals surface area (Å²) in [4.78, 5) is 23.6.